The van der Waals surface area contributed by atoms with E-state index in [0.717, 1.165) is 37.8 Å². The third-order valence-corrected chi connectivity index (χ3v) is 5.96. The molecule has 7 heteroatoms. The summed E-state index contributed by atoms with van der Waals surface area (Å²) in [4.78, 5) is 19.7. The minimum atomic E-state index is -0.479. The van der Waals surface area contributed by atoms with E-state index in [0.29, 0.717) is 11.3 Å². The molecule has 30 heavy (non-hydrogen) atoms. The van der Waals surface area contributed by atoms with Crippen molar-refractivity contribution >= 4 is 5.91 Å². The smallest absolute Gasteiger partial charge is 0.272 e. The number of hydrogen-bond acceptors (Lipinski definition) is 4. The van der Waals surface area contributed by atoms with Gasteiger partial charge in [-0.25, -0.2) is 4.39 Å². The Morgan fingerprint density at radius 1 is 1.17 bits per heavy atom. The first-order valence-corrected chi connectivity index (χ1v) is 10.1. The zero-order chi connectivity index (χ0) is 20.7. The normalized spacial score (nSPS) is 17.8. The molecule has 0 spiro atoms. The Kier molecular flexibility index (Phi) is 4.55. The molecule has 2 aliphatic carbocycles. The minimum Gasteiger partial charge on any atom is -0.331 e. The second kappa shape index (κ2) is 7.38. The molecule has 0 bridgehead atoms. The minimum absolute atomic E-state index is 0.0879. The number of halogens is 1. The van der Waals surface area contributed by atoms with Gasteiger partial charge in [-0.2, -0.15) is 10.4 Å². The number of aromatic nitrogens is 3. The second-order valence-electron chi connectivity index (χ2n) is 7.92. The number of benzene rings is 1. The van der Waals surface area contributed by atoms with Crippen LogP contribution in [0.2, 0.25) is 0 Å². The highest BCUT2D eigenvalue weighted by Crippen LogP contribution is 2.34. The highest BCUT2D eigenvalue weighted by molar-refractivity contribution is 5.93. The molecule has 0 radical (unpaired) electrons. The van der Waals surface area contributed by atoms with Crippen LogP contribution in [0.1, 0.15) is 46.6 Å². The molecule has 2 aliphatic rings. The molecule has 1 atom stereocenters. The lowest BCUT2D eigenvalue weighted by molar-refractivity contribution is 0.0636. The number of nitrogens with zero attached hydrogens (tertiary/aromatic N) is 4. The summed E-state index contributed by atoms with van der Waals surface area (Å²) < 4.78 is 14.3. The first-order chi connectivity index (χ1) is 14.7. The van der Waals surface area contributed by atoms with Crippen LogP contribution in [-0.2, 0) is 12.8 Å². The van der Waals surface area contributed by atoms with Crippen molar-refractivity contribution in [1.29, 1.82) is 5.26 Å². The summed E-state index contributed by atoms with van der Waals surface area (Å²) in [5, 5.41) is 16.4. The maximum absolute atomic E-state index is 14.3. The number of rotatable bonds is 4. The van der Waals surface area contributed by atoms with Crippen molar-refractivity contribution in [3.05, 3.63) is 71.1 Å². The molecule has 1 fully saturated rings. The average Bonchev–Trinajstić information content (AvgIpc) is 3.49. The van der Waals surface area contributed by atoms with E-state index in [1.54, 1.807) is 18.2 Å². The van der Waals surface area contributed by atoms with Gasteiger partial charge in [0.15, 0.2) is 0 Å². The summed E-state index contributed by atoms with van der Waals surface area (Å²) in [6.45, 7) is 0. The SMILES string of the molecule is N#Cc1cccc(F)c1-c1ccc(C(=O)N(C2CC2)C2CCc3[nH]ncc3C2)nc1. The zero-order valence-corrected chi connectivity index (χ0v) is 16.3. The Hall–Kier alpha value is -3.53. The largest absolute Gasteiger partial charge is 0.331 e. The van der Waals surface area contributed by atoms with Gasteiger partial charge in [0.05, 0.1) is 17.8 Å². The first-order valence-electron chi connectivity index (χ1n) is 10.1. The van der Waals surface area contributed by atoms with Gasteiger partial charge in [0.2, 0.25) is 0 Å². The summed E-state index contributed by atoms with van der Waals surface area (Å²) in [7, 11) is 0. The third kappa shape index (κ3) is 3.24. The Bertz CT molecular complexity index is 1140. The summed E-state index contributed by atoms with van der Waals surface area (Å²) >= 11 is 0. The molecule has 2 heterocycles. The predicted molar refractivity (Wildman–Crippen MR) is 108 cm³/mol. The molecule has 150 valence electrons. The number of carbonyl (C=O) groups excluding carboxylic acids is 1. The molecular formula is C23H20FN5O. The fourth-order valence-electron chi connectivity index (χ4n) is 4.33. The number of H-pyrrole nitrogens is 1. The Morgan fingerprint density at radius 2 is 2.03 bits per heavy atom. The number of aryl methyl sites for hydroxylation is 1. The van der Waals surface area contributed by atoms with E-state index >= 15 is 0 Å². The average molecular weight is 401 g/mol. The summed E-state index contributed by atoms with van der Waals surface area (Å²) in [6.07, 6.45) is 7.94. The van der Waals surface area contributed by atoms with Crippen LogP contribution in [-0.4, -0.2) is 38.1 Å². The summed E-state index contributed by atoms with van der Waals surface area (Å²) in [5.74, 6) is -0.567. The molecule has 1 N–H and O–H groups in total. The Morgan fingerprint density at radius 3 is 2.77 bits per heavy atom. The lowest BCUT2D eigenvalue weighted by Gasteiger charge is -2.34. The number of nitrogens with one attached hydrogen (secondary N) is 1. The number of fused-ring (bicyclic) bond motifs is 1. The van der Waals surface area contributed by atoms with E-state index in [2.05, 4.69) is 15.2 Å². The second-order valence-corrected chi connectivity index (χ2v) is 7.92. The molecule has 0 saturated heterocycles. The molecule has 5 rings (SSSR count). The van der Waals surface area contributed by atoms with Crippen molar-refractivity contribution < 1.29 is 9.18 Å². The van der Waals surface area contributed by atoms with Gasteiger partial charge in [0, 0.05) is 35.1 Å². The Labute approximate surface area is 173 Å². The summed E-state index contributed by atoms with van der Waals surface area (Å²) in [6, 6.07) is 10.1. The molecular weight excluding hydrogens is 381 g/mol. The predicted octanol–water partition coefficient (Wildman–Crippen LogP) is 3.64. The monoisotopic (exact) mass is 401 g/mol. The lowest BCUT2D eigenvalue weighted by Crippen LogP contribution is -2.45. The van der Waals surface area contributed by atoms with Crippen LogP contribution in [0.4, 0.5) is 4.39 Å². The number of amides is 1. The van der Waals surface area contributed by atoms with Crippen LogP contribution in [0, 0.1) is 17.1 Å². The van der Waals surface area contributed by atoms with Crippen molar-refractivity contribution in [2.24, 2.45) is 0 Å². The van der Waals surface area contributed by atoms with E-state index < -0.39 is 5.82 Å². The number of hydrogen-bond donors (Lipinski definition) is 1. The number of pyridine rings is 1. The fraction of sp³-hybridized carbons (Fsp3) is 0.304. The molecule has 1 amide bonds. The number of aromatic amines is 1. The van der Waals surface area contributed by atoms with Gasteiger partial charge < -0.3 is 4.90 Å². The highest BCUT2D eigenvalue weighted by Gasteiger charge is 2.39. The van der Waals surface area contributed by atoms with Crippen LogP contribution in [0.15, 0.2) is 42.7 Å². The number of nitriles is 1. The van der Waals surface area contributed by atoms with E-state index in [4.69, 9.17) is 0 Å². The summed E-state index contributed by atoms with van der Waals surface area (Å²) in [5.41, 5.74) is 3.63. The van der Waals surface area contributed by atoms with Crippen LogP contribution in [0.25, 0.3) is 11.1 Å². The van der Waals surface area contributed by atoms with Crippen LogP contribution in [0.3, 0.4) is 0 Å². The van der Waals surface area contributed by atoms with Gasteiger partial charge >= 0.3 is 0 Å². The van der Waals surface area contributed by atoms with E-state index in [9.17, 15) is 14.4 Å². The van der Waals surface area contributed by atoms with Gasteiger partial charge in [-0.1, -0.05) is 12.1 Å². The van der Waals surface area contributed by atoms with E-state index in [-0.39, 0.29) is 29.1 Å². The highest BCUT2D eigenvalue weighted by atomic mass is 19.1. The maximum Gasteiger partial charge on any atom is 0.272 e. The lowest BCUT2D eigenvalue weighted by atomic mass is 9.92. The molecule has 1 aromatic carbocycles. The van der Waals surface area contributed by atoms with Crippen LogP contribution in [0.5, 0.6) is 0 Å². The zero-order valence-electron chi connectivity index (χ0n) is 16.3. The van der Waals surface area contributed by atoms with E-state index in [1.165, 1.54) is 23.9 Å². The van der Waals surface area contributed by atoms with Crippen molar-refractivity contribution in [2.75, 3.05) is 0 Å². The van der Waals surface area contributed by atoms with Crippen molar-refractivity contribution in [2.45, 2.75) is 44.2 Å². The molecule has 1 unspecified atom stereocenters. The van der Waals surface area contributed by atoms with Gasteiger partial charge in [0.25, 0.3) is 5.91 Å². The van der Waals surface area contributed by atoms with Crippen LogP contribution >= 0.6 is 0 Å². The van der Waals surface area contributed by atoms with Gasteiger partial charge in [-0.15, -0.1) is 0 Å². The topological polar surface area (TPSA) is 85.7 Å². The maximum atomic E-state index is 14.3. The molecule has 1 saturated carbocycles. The van der Waals surface area contributed by atoms with Crippen molar-refractivity contribution in [3.8, 4) is 17.2 Å². The molecule has 0 aliphatic heterocycles. The molecule has 6 nitrogen and oxygen atoms in total. The standard InChI is InChI=1S/C23H20FN5O/c24-19-3-1-2-14(11-25)22(19)15-4-8-21(26-12-15)23(30)29(17-5-6-17)18-7-9-20-16(10-18)13-27-28-20/h1-4,8,12-13,17-18H,5-7,9-10H2,(H,27,28). The fourth-order valence-corrected chi connectivity index (χ4v) is 4.33. The Balaban J connectivity index is 1.41. The van der Waals surface area contributed by atoms with E-state index in [1.807, 2.05) is 17.2 Å². The third-order valence-electron chi connectivity index (χ3n) is 5.96. The molecule has 3 aromatic rings. The van der Waals surface area contributed by atoms with Gasteiger partial charge in [0.1, 0.15) is 11.5 Å². The first kappa shape index (κ1) is 18.5. The number of carbonyl (C=O) groups is 1. The quantitative estimate of drug-likeness (QED) is 0.723. The van der Waals surface area contributed by atoms with Crippen LogP contribution < -0.4 is 0 Å². The van der Waals surface area contributed by atoms with Gasteiger partial charge in [-0.3, -0.25) is 14.9 Å². The van der Waals surface area contributed by atoms with Crippen molar-refractivity contribution in [1.82, 2.24) is 20.1 Å². The van der Waals surface area contributed by atoms with Crippen molar-refractivity contribution in [3.63, 3.8) is 0 Å². The van der Waals surface area contributed by atoms with Gasteiger partial charge in [-0.05, 0) is 55.9 Å². The molecule has 2 aromatic heterocycles.